The van der Waals surface area contributed by atoms with E-state index in [1.54, 1.807) is 12.1 Å². The van der Waals surface area contributed by atoms with Gasteiger partial charge in [0.15, 0.2) is 11.3 Å². The quantitative estimate of drug-likeness (QED) is 0.530. The van der Waals surface area contributed by atoms with Crippen LogP contribution >= 0.6 is 0 Å². The Morgan fingerprint density at radius 2 is 1.88 bits per heavy atom. The Hall–Kier alpha value is -3.41. The summed E-state index contributed by atoms with van der Waals surface area (Å²) in [5, 5.41) is 4.64. The van der Waals surface area contributed by atoms with Crippen molar-refractivity contribution in [2.75, 3.05) is 7.11 Å². The first-order valence-corrected chi connectivity index (χ1v) is 7.67. The summed E-state index contributed by atoms with van der Waals surface area (Å²) in [7, 11) is 1.52. The van der Waals surface area contributed by atoms with Gasteiger partial charge in [-0.25, -0.2) is 4.79 Å². The fourth-order valence-corrected chi connectivity index (χ4v) is 2.58. The molecule has 124 valence electrons. The molecule has 0 aliphatic carbocycles. The zero-order chi connectivity index (χ0) is 17.4. The van der Waals surface area contributed by atoms with Gasteiger partial charge in [0.1, 0.15) is 5.56 Å². The maximum Gasteiger partial charge on any atom is 0.347 e. The number of fused-ring (bicyclic) bond motifs is 1. The number of aryl methyl sites for hydroxylation is 1. The van der Waals surface area contributed by atoms with Gasteiger partial charge in [-0.05, 0) is 31.2 Å². The third kappa shape index (κ3) is 2.67. The summed E-state index contributed by atoms with van der Waals surface area (Å²) in [6.07, 6.45) is 0. The summed E-state index contributed by atoms with van der Waals surface area (Å²) >= 11 is 0. The molecule has 0 aliphatic rings. The van der Waals surface area contributed by atoms with E-state index in [1.807, 2.05) is 43.3 Å². The van der Waals surface area contributed by atoms with Crippen LogP contribution in [0.15, 0.2) is 62.3 Å². The predicted octanol–water partition coefficient (Wildman–Crippen LogP) is 3.83. The van der Waals surface area contributed by atoms with E-state index in [-0.39, 0.29) is 11.4 Å². The minimum absolute atomic E-state index is 0.189. The lowest BCUT2D eigenvalue weighted by molar-refractivity contribution is 0.406. The van der Waals surface area contributed by atoms with E-state index in [4.69, 9.17) is 13.7 Å². The number of para-hydroxylation sites is 1. The first-order valence-electron chi connectivity index (χ1n) is 7.67. The van der Waals surface area contributed by atoms with Crippen LogP contribution < -0.4 is 10.4 Å². The van der Waals surface area contributed by atoms with Crippen LogP contribution in [0, 0.1) is 6.92 Å². The molecule has 0 radical (unpaired) electrons. The summed E-state index contributed by atoms with van der Waals surface area (Å²) < 4.78 is 15.9. The number of hydrogen-bond acceptors (Lipinski definition) is 6. The van der Waals surface area contributed by atoms with Crippen LogP contribution in [-0.2, 0) is 0 Å². The standard InChI is InChI=1S/C19H14N2O4/c1-11-6-8-12(9-7-11)18-20-17(21-25-18)14-10-13-4-3-5-15(23-2)16(13)24-19(14)22/h3-10H,1-2H3. The molecule has 6 nitrogen and oxygen atoms in total. The Kier molecular flexibility index (Phi) is 3.57. The zero-order valence-electron chi connectivity index (χ0n) is 13.6. The smallest absolute Gasteiger partial charge is 0.347 e. The van der Waals surface area contributed by atoms with E-state index in [2.05, 4.69) is 10.1 Å². The summed E-state index contributed by atoms with van der Waals surface area (Å²) in [6.45, 7) is 2.00. The van der Waals surface area contributed by atoms with Gasteiger partial charge < -0.3 is 13.7 Å². The molecule has 0 unspecified atom stereocenters. The highest BCUT2D eigenvalue weighted by Gasteiger charge is 2.16. The Morgan fingerprint density at radius 3 is 2.64 bits per heavy atom. The minimum atomic E-state index is -0.548. The maximum atomic E-state index is 12.3. The molecule has 25 heavy (non-hydrogen) atoms. The summed E-state index contributed by atoms with van der Waals surface area (Å²) in [5.41, 5.74) is 2.00. The van der Waals surface area contributed by atoms with Crippen molar-refractivity contribution < 1.29 is 13.7 Å². The molecule has 0 bridgehead atoms. The van der Waals surface area contributed by atoms with E-state index < -0.39 is 5.63 Å². The van der Waals surface area contributed by atoms with Crippen LogP contribution in [0.2, 0.25) is 0 Å². The van der Waals surface area contributed by atoms with Gasteiger partial charge in [-0.1, -0.05) is 35.0 Å². The van der Waals surface area contributed by atoms with Crippen molar-refractivity contribution in [1.29, 1.82) is 0 Å². The van der Waals surface area contributed by atoms with Crippen molar-refractivity contribution in [1.82, 2.24) is 10.1 Å². The van der Waals surface area contributed by atoms with Crippen molar-refractivity contribution in [2.45, 2.75) is 6.92 Å². The number of benzene rings is 2. The average Bonchev–Trinajstić information content (AvgIpc) is 3.11. The van der Waals surface area contributed by atoms with Gasteiger partial charge in [-0.2, -0.15) is 4.98 Å². The van der Waals surface area contributed by atoms with E-state index >= 15 is 0 Å². The Bertz CT molecular complexity index is 1110. The average molecular weight is 334 g/mol. The molecular weight excluding hydrogens is 320 g/mol. The maximum absolute atomic E-state index is 12.3. The van der Waals surface area contributed by atoms with Crippen LogP contribution in [0.5, 0.6) is 5.75 Å². The Balaban J connectivity index is 1.81. The molecule has 0 spiro atoms. The molecule has 4 aromatic rings. The molecule has 0 saturated carbocycles. The lowest BCUT2D eigenvalue weighted by Crippen LogP contribution is -2.04. The number of nitrogens with zero attached hydrogens (tertiary/aromatic N) is 2. The van der Waals surface area contributed by atoms with E-state index in [0.717, 1.165) is 16.5 Å². The first-order chi connectivity index (χ1) is 12.2. The van der Waals surface area contributed by atoms with Crippen molar-refractivity contribution >= 4 is 11.0 Å². The highest BCUT2D eigenvalue weighted by atomic mass is 16.5. The fourth-order valence-electron chi connectivity index (χ4n) is 2.58. The van der Waals surface area contributed by atoms with Crippen molar-refractivity contribution in [2.24, 2.45) is 0 Å². The summed E-state index contributed by atoms with van der Waals surface area (Å²) in [5.74, 6) is 1.03. The summed E-state index contributed by atoms with van der Waals surface area (Å²) in [4.78, 5) is 16.7. The van der Waals surface area contributed by atoms with Crippen molar-refractivity contribution in [3.63, 3.8) is 0 Å². The van der Waals surface area contributed by atoms with Gasteiger partial charge >= 0.3 is 5.63 Å². The number of hydrogen-bond donors (Lipinski definition) is 0. The second-order valence-corrected chi connectivity index (χ2v) is 5.62. The topological polar surface area (TPSA) is 78.4 Å². The number of ether oxygens (including phenoxy) is 1. The minimum Gasteiger partial charge on any atom is -0.493 e. The first kappa shape index (κ1) is 15.1. The Labute approximate surface area is 142 Å². The van der Waals surface area contributed by atoms with E-state index in [0.29, 0.717) is 17.2 Å². The highest BCUT2D eigenvalue weighted by Crippen LogP contribution is 2.27. The molecule has 0 amide bonds. The lowest BCUT2D eigenvalue weighted by Gasteiger charge is -2.03. The SMILES string of the molecule is COc1cccc2cc(-c3noc(-c4ccc(C)cc4)n3)c(=O)oc12. The molecule has 0 aliphatic heterocycles. The zero-order valence-corrected chi connectivity index (χ0v) is 13.6. The molecular formula is C19H14N2O4. The molecule has 4 rings (SSSR count). The predicted molar refractivity (Wildman–Crippen MR) is 92.5 cm³/mol. The molecule has 0 atom stereocenters. The molecule has 0 N–H and O–H groups in total. The van der Waals surface area contributed by atoms with Crippen LogP contribution in [0.4, 0.5) is 0 Å². The molecule has 2 aromatic carbocycles. The lowest BCUT2D eigenvalue weighted by atomic mass is 10.1. The van der Waals surface area contributed by atoms with E-state index in [1.165, 1.54) is 7.11 Å². The normalized spacial score (nSPS) is 11.0. The largest absolute Gasteiger partial charge is 0.493 e. The number of aromatic nitrogens is 2. The molecule has 0 saturated heterocycles. The number of rotatable bonds is 3. The van der Waals surface area contributed by atoms with Gasteiger partial charge in [0.05, 0.1) is 7.11 Å². The van der Waals surface area contributed by atoms with Crippen LogP contribution in [-0.4, -0.2) is 17.3 Å². The molecule has 2 heterocycles. The van der Waals surface area contributed by atoms with E-state index in [9.17, 15) is 4.79 Å². The van der Waals surface area contributed by atoms with Gasteiger partial charge in [0.2, 0.25) is 5.82 Å². The van der Waals surface area contributed by atoms with Gasteiger partial charge in [0, 0.05) is 10.9 Å². The third-order valence-corrected chi connectivity index (χ3v) is 3.91. The van der Waals surface area contributed by atoms with Crippen molar-refractivity contribution in [3.05, 3.63) is 64.5 Å². The second kappa shape index (κ2) is 5.90. The van der Waals surface area contributed by atoms with Crippen LogP contribution in [0.3, 0.4) is 0 Å². The monoisotopic (exact) mass is 334 g/mol. The van der Waals surface area contributed by atoms with Crippen molar-refractivity contribution in [3.8, 4) is 28.6 Å². The molecule has 6 heteroatoms. The van der Waals surface area contributed by atoms with Crippen LogP contribution in [0.25, 0.3) is 33.8 Å². The molecule has 2 aromatic heterocycles. The number of methoxy groups -OCH3 is 1. The van der Waals surface area contributed by atoms with Gasteiger partial charge in [-0.15, -0.1) is 0 Å². The van der Waals surface area contributed by atoms with Gasteiger partial charge in [0.25, 0.3) is 5.89 Å². The fraction of sp³-hybridized carbons (Fsp3) is 0.105. The summed E-state index contributed by atoms with van der Waals surface area (Å²) in [6, 6.07) is 14.7. The molecule has 0 fully saturated rings. The Morgan fingerprint density at radius 1 is 1.08 bits per heavy atom. The third-order valence-electron chi connectivity index (χ3n) is 3.91. The van der Waals surface area contributed by atoms with Gasteiger partial charge in [-0.3, -0.25) is 0 Å². The second-order valence-electron chi connectivity index (χ2n) is 5.62. The van der Waals surface area contributed by atoms with Crippen LogP contribution in [0.1, 0.15) is 5.56 Å². The highest BCUT2D eigenvalue weighted by molar-refractivity contribution is 5.85.